The molecule has 0 spiro atoms. The van der Waals surface area contributed by atoms with Gasteiger partial charge in [0, 0.05) is 18.1 Å². The highest BCUT2D eigenvalue weighted by molar-refractivity contribution is 5.85. The zero-order chi connectivity index (χ0) is 13.8. The van der Waals surface area contributed by atoms with Gasteiger partial charge in [0.2, 0.25) is 0 Å². The van der Waals surface area contributed by atoms with E-state index in [2.05, 4.69) is 4.98 Å². The summed E-state index contributed by atoms with van der Waals surface area (Å²) < 4.78 is 11.6. The first-order valence-corrected chi connectivity index (χ1v) is 7.11. The molecular weight excluding hydrogens is 254 g/mol. The molecule has 1 aromatic heterocycles. The summed E-state index contributed by atoms with van der Waals surface area (Å²) in [5.41, 5.74) is 1.47. The van der Waals surface area contributed by atoms with Crippen LogP contribution in [0.4, 0.5) is 0 Å². The van der Waals surface area contributed by atoms with Crippen LogP contribution in [0.3, 0.4) is 0 Å². The summed E-state index contributed by atoms with van der Waals surface area (Å²) in [5.74, 6) is 0.772. The van der Waals surface area contributed by atoms with E-state index in [1.165, 1.54) is 6.42 Å². The molecule has 0 aliphatic carbocycles. The molecule has 1 aromatic carbocycles. The molecule has 1 fully saturated rings. The smallest absolute Gasteiger partial charge is 0.130 e. The average molecular weight is 273 g/mol. The zero-order valence-electron chi connectivity index (χ0n) is 11.4. The number of aliphatic hydroxyl groups is 1. The van der Waals surface area contributed by atoms with Gasteiger partial charge in [-0.3, -0.25) is 4.98 Å². The summed E-state index contributed by atoms with van der Waals surface area (Å²) in [6.07, 6.45) is 3.57. The molecule has 1 N–H and O–H groups in total. The molecule has 106 valence electrons. The summed E-state index contributed by atoms with van der Waals surface area (Å²) in [6.45, 7) is 1.30. The predicted molar refractivity (Wildman–Crippen MR) is 76.8 cm³/mol. The van der Waals surface area contributed by atoms with Gasteiger partial charge < -0.3 is 14.6 Å². The van der Waals surface area contributed by atoms with Gasteiger partial charge in [0.1, 0.15) is 12.4 Å². The molecule has 20 heavy (non-hydrogen) atoms. The third kappa shape index (κ3) is 2.92. The minimum absolute atomic E-state index is 0.0822. The normalized spacial score (nSPS) is 19.1. The van der Waals surface area contributed by atoms with Crippen LogP contribution in [0.1, 0.15) is 25.0 Å². The number of ether oxygens (including phenoxy) is 2. The van der Waals surface area contributed by atoms with E-state index in [0.717, 1.165) is 36.1 Å². The second-order valence-electron chi connectivity index (χ2n) is 5.09. The molecule has 1 atom stereocenters. The van der Waals surface area contributed by atoms with Crippen molar-refractivity contribution in [1.82, 2.24) is 4.98 Å². The lowest BCUT2D eigenvalue weighted by atomic mass is 10.1. The molecule has 0 radical (unpaired) electrons. The first kappa shape index (κ1) is 13.3. The number of fused-ring (bicyclic) bond motifs is 1. The third-order valence-corrected chi connectivity index (χ3v) is 3.59. The molecule has 4 heteroatoms. The van der Waals surface area contributed by atoms with E-state index in [1.807, 2.05) is 30.3 Å². The number of pyridine rings is 1. The van der Waals surface area contributed by atoms with E-state index < -0.39 is 0 Å². The van der Waals surface area contributed by atoms with Gasteiger partial charge in [-0.15, -0.1) is 0 Å². The molecule has 1 aliphatic heterocycles. The van der Waals surface area contributed by atoms with Crippen LogP contribution >= 0.6 is 0 Å². The predicted octanol–water partition coefficient (Wildman–Crippen LogP) is 2.68. The van der Waals surface area contributed by atoms with E-state index in [9.17, 15) is 5.11 Å². The molecule has 0 bridgehead atoms. The van der Waals surface area contributed by atoms with Crippen LogP contribution in [0, 0.1) is 0 Å². The Balaban J connectivity index is 1.81. The van der Waals surface area contributed by atoms with Gasteiger partial charge in [-0.1, -0.05) is 12.1 Å². The molecule has 2 heterocycles. The van der Waals surface area contributed by atoms with Crippen LogP contribution in [0.5, 0.6) is 5.75 Å². The quantitative estimate of drug-likeness (QED) is 0.930. The van der Waals surface area contributed by atoms with Crippen molar-refractivity contribution in [3.63, 3.8) is 0 Å². The average Bonchev–Trinajstić information content (AvgIpc) is 2.53. The minimum Gasteiger partial charge on any atom is -0.490 e. The van der Waals surface area contributed by atoms with Crippen LogP contribution in [0.2, 0.25) is 0 Å². The monoisotopic (exact) mass is 273 g/mol. The minimum atomic E-state index is -0.0822. The first-order valence-electron chi connectivity index (χ1n) is 7.11. The van der Waals surface area contributed by atoms with Crippen LogP contribution in [0.25, 0.3) is 10.9 Å². The maximum Gasteiger partial charge on any atom is 0.130 e. The number of hydrogen-bond donors (Lipinski definition) is 1. The summed E-state index contributed by atoms with van der Waals surface area (Å²) in [6, 6.07) is 9.63. The highest BCUT2D eigenvalue weighted by atomic mass is 16.5. The Kier molecular flexibility index (Phi) is 4.14. The van der Waals surface area contributed by atoms with Gasteiger partial charge in [0.15, 0.2) is 0 Å². The number of benzene rings is 1. The van der Waals surface area contributed by atoms with E-state index in [0.29, 0.717) is 12.3 Å². The van der Waals surface area contributed by atoms with Crippen molar-refractivity contribution < 1.29 is 14.6 Å². The van der Waals surface area contributed by atoms with E-state index >= 15 is 0 Å². The van der Waals surface area contributed by atoms with Crippen LogP contribution in [-0.2, 0) is 11.3 Å². The molecule has 4 nitrogen and oxygen atoms in total. The SMILES string of the molecule is OCc1cc(OCC2CCCCO2)c2ccccc2n1. The second-order valence-corrected chi connectivity index (χ2v) is 5.09. The molecule has 3 rings (SSSR count). The van der Waals surface area contributed by atoms with Crippen molar-refractivity contribution in [3.05, 3.63) is 36.0 Å². The topological polar surface area (TPSA) is 51.6 Å². The van der Waals surface area contributed by atoms with Gasteiger partial charge in [-0.25, -0.2) is 0 Å². The van der Waals surface area contributed by atoms with Gasteiger partial charge >= 0.3 is 0 Å². The fourth-order valence-electron chi connectivity index (χ4n) is 2.52. The number of aromatic nitrogens is 1. The molecule has 0 saturated carbocycles. The maximum atomic E-state index is 9.30. The van der Waals surface area contributed by atoms with Crippen molar-refractivity contribution >= 4 is 10.9 Å². The maximum absolute atomic E-state index is 9.30. The van der Waals surface area contributed by atoms with E-state index in [-0.39, 0.29) is 12.7 Å². The van der Waals surface area contributed by atoms with Crippen molar-refractivity contribution in [2.75, 3.05) is 13.2 Å². The molecular formula is C16H19NO3. The van der Waals surface area contributed by atoms with Gasteiger partial charge in [0.25, 0.3) is 0 Å². The lowest BCUT2D eigenvalue weighted by Gasteiger charge is -2.23. The summed E-state index contributed by atoms with van der Waals surface area (Å²) >= 11 is 0. The Bertz CT molecular complexity index is 579. The van der Waals surface area contributed by atoms with E-state index in [4.69, 9.17) is 9.47 Å². The lowest BCUT2D eigenvalue weighted by molar-refractivity contribution is -0.0108. The third-order valence-electron chi connectivity index (χ3n) is 3.59. The Labute approximate surface area is 118 Å². The highest BCUT2D eigenvalue weighted by Gasteiger charge is 2.15. The highest BCUT2D eigenvalue weighted by Crippen LogP contribution is 2.26. The Hall–Kier alpha value is -1.65. The molecule has 0 amide bonds. The Morgan fingerprint density at radius 3 is 3.00 bits per heavy atom. The summed E-state index contributed by atoms with van der Waals surface area (Å²) in [7, 11) is 0. The standard InChI is InChI=1S/C16H19NO3/c18-10-12-9-16(14-6-1-2-7-15(14)17-12)20-11-13-5-3-4-8-19-13/h1-2,6-7,9,13,18H,3-5,8,10-11H2. The second kappa shape index (κ2) is 6.20. The Morgan fingerprint density at radius 2 is 2.20 bits per heavy atom. The number of hydrogen-bond acceptors (Lipinski definition) is 4. The van der Waals surface area contributed by atoms with Crippen molar-refractivity contribution in [2.24, 2.45) is 0 Å². The summed E-state index contributed by atoms with van der Waals surface area (Å²) in [4.78, 5) is 4.39. The lowest BCUT2D eigenvalue weighted by Crippen LogP contribution is -2.25. The largest absolute Gasteiger partial charge is 0.490 e. The molecule has 1 saturated heterocycles. The number of aliphatic hydroxyl groups excluding tert-OH is 1. The Morgan fingerprint density at radius 1 is 1.30 bits per heavy atom. The number of para-hydroxylation sites is 1. The molecule has 2 aromatic rings. The fourth-order valence-corrected chi connectivity index (χ4v) is 2.52. The van der Waals surface area contributed by atoms with Crippen LogP contribution in [-0.4, -0.2) is 29.4 Å². The van der Waals surface area contributed by atoms with Crippen molar-refractivity contribution in [2.45, 2.75) is 32.0 Å². The molecule has 1 unspecified atom stereocenters. The van der Waals surface area contributed by atoms with Crippen molar-refractivity contribution in [1.29, 1.82) is 0 Å². The number of nitrogens with zero attached hydrogens (tertiary/aromatic N) is 1. The first-order chi connectivity index (χ1) is 9.86. The van der Waals surface area contributed by atoms with E-state index in [1.54, 1.807) is 0 Å². The fraction of sp³-hybridized carbons (Fsp3) is 0.438. The van der Waals surface area contributed by atoms with Crippen LogP contribution in [0.15, 0.2) is 30.3 Å². The van der Waals surface area contributed by atoms with Crippen LogP contribution < -0.4 is 4.74 Å². The zero-order valence-corrected chi connectivity index (χ0v) is 11.4. The molecule has 1 aliphatic rings. The van der Waals surface area contributed by atoms with Crippen molar-refractivity contribution in [3.8, 4) is 5.75 Å². The van der Waals surface area contributed by atoms with Gasteiger partial charge in [-0.2, -0.15) is 0 Å². The van der Waals surface area contributed by atoms with Gasteiger partial charge in [0.05, 0.1) is 23.9 Å². The number of rotatable bonds is 4. The summed E-state index contributed by atoms with van der Waals surface area (Å²) in [5, 5.41) is 10.3. The van der Waals surface area contributed by atoms with Gasteiger partial charge in [-0.05, 0) is 31.4 Å².